The Morgan fingerprint density at radius 2 is 1.67 bits per heavy atom. The molecule has 0 saturated carbocycles. The summed E-state index contributed by atoms with van der Waals surface area (Å²) in [7, 11) is 1.47. The van der Waals surface area contributed by atoms with Crippen molar-refractivity contribution >= 4 is 34.1 Å². The molecule has 0 aliphatic carbocycles. The predicted octanol–water partition coefficient (Wildman–Crippen LogP) is 4.89. The quantitative estimate of drug-likeness (QED) is 0.205. The first kappa shape index (κ1) is 45.7. The van der Waals surface area contributed by atoms with Crippen molar-refractivity contribution in [1.82, 2.24) is 4.90 Å². The Balaban J connectivity index is 1.56. The van der Waals surface area contributed by atoms with Crippen molar-refractivity contribution in [3.05, 3.63) is 58.0 Å². The number of phenolic OH excluding ortho intramolecular Hbond substituents is 2. The number of hydrogen-bond acceptors (Lipinski definition) is 14. The molecular formula is C46H62N4O11. The topological polar surface area (TPSA) is 209 Å². The first-order valence-electron chi connectivity index (χ1n) is 21.3. The zero-order valence-corrected chi connectivity index (χ0v) is 37.1. The van der Waals surface area contributed by atoms with E-state index < -0.39 is 82.9 Å². The summed E-state index contributed by atoms with van der Waals surface area (Å²) in [4.78, 5) is 52.9. The van der Waals surface area contributed by atoms with Crippen molar-refractivity contribution in [2.45, 2.75) is 130 Å². The number of piperidine rings is 1. The number of esters is 1. The van der Waals surface area contributed by atoms with Crippen molar-refractivity contribution in [2.75, 3.05) is 25.5 Å². The van der Waals surface area contributed by atoms with Crippen LogP contribution in [0.1, 0.15) is 97.5 Å². The lowest BCUT2D eigenvalue weighted by atomic mass is 9.78. The first-order valence-corrected chi connectivity index (χ1v) is 21.3. The van der Waals surface area contributed by atoms with Gasteiger partial charge >= 0.3 is 11.8 Å². The van der Waals surface area contributed by atoms with Gasteiger partial charge in [0.25, 0.3) is 11.7 Å². The minimum absolute atomic E-state index is 0.0536. The van der Waals surface area contributed by atoms with E-state index in [1.807, 2.05) is 0 Å². The lowest BCUT2D eigenvalue weighted by Crippen LogP contribution is -2.49. The molecule has 1 fully saturated rings. The number of aliphatic hydroxyl groups excluding tert-OH is 2. The van der Waals surface area contributed by atoms with E-state index in [-0.39, 0.29) is 49.7 Å². The first-order chi connectivity index (χ1) is 28.7. The van der Waals surface area contributed by atoms with E-state index in [2.05, 4.69) is 29.1 Å². The fourth-order valence-electron chi connectivity index (χ4n) is 9.21. The average molecular weight is 847 g/mol. The number of carbonyl (C=O) groups excluding carboxylic acids is 3. The number of rotatable bonds is 4. The zero-order valence-electron chi connectivity index (χ0n) is 37.1. The van der Waals surface area contributed by atoms with Crippen molar-refractivity contribution in [3.63, 3.8) is 0 Å². The Labute approximate surface area is 356 Å². The van der Waals surface area contributed by atoms with Gasteiger partial charge < -0.3 is 49.6 Å². The van der Waals surface area contributed by atoms with Gasteiger partial charge in [-0.2, -0.15) is 0 Å². The number of ether oxygens (including phenoxy) is 4. The van der Waals surface area contributed by atoms with E-state index in [1.54, 1.807) is 65.8 Å². The van der Waals surface area contributed by atoms with Crippen LogP contribution < -0.4 is 20.8 Å². The number of aliphatic hydroxyl groups is 2. The SMILES string of the molecule is CCC(C)N1CCC2(CC1)N=c1c(c3c4c5c(C)c(O)c3c(O)c1=NC(=O)C(C)=CC=CC(C)C(O)C(C)C(O)C(C)C(OC(C)=O)C(C)C(OC)C=CO[C@@](C)(O5)C4=O)N2. The molecule has 5 N–H and O–H groups in total. The van der Waals surface area contributed by atoms with Gasteiger partial charge in [0.15, 0.2) is 5.75 Å². The van der Waals surface area contributed by atoms with Crippen molar-refractivity contribution in [3.8, 4) is 17.2 Å². The van der Waals surface area contributed by atoms with Gasteiger partial charge in [-0.15, -0.1) is 0 Å². The van der Waals surface area contributed by atoms with Gasteiger partial charge in [-0.1, -0.05) is 52.8 Å². The Bertz CT molecular complexity index is 2300. The summed E-state index contributed by atoms with van der Waals surface area (Å²) in [5.74, 6) is -7.03. The smallest absolute Gasteiger partial charge is 0.312 e. The van der Waals surface area contributed by atoms with E-state index in [0.717, 1.165) is 19.5 Å². The summed E-state index contributed by atoms with van der Waals surface area (Å²) in [5.41, 5.74) is -0.115. The second-order valence-electron chi connectivity index (χ2n) is 17.6. The number of nitrogens with zero attached hydrogens (tertiary/aromatic N) is 3. The summed E-state index contributed by atoms with van der Waals surface area (Å²) in [5, 5.41) is 50.6. The molecule has 61 heavy (non-hydrogen) atoms. The van der Waals surface area contributed by atoms with Gasteiger partial charge in [-0.3, -0.25) is 19.4 Å². The second kappa shape index (κ2) is 17.5. The molecule has 0 radical (unpaired) electrons. The zero-order chi connectivity index (χ0) is 44.9. The lowest BCUT2D eigenvalue weighted by molar-refractivity contribution is -0.160. The number of carbonyl (C=O) groups is 3. The van der Waals surface area contributed by atoms with Gasteiger partial charge in [0.2, 0.25) is 0 Å². The molecular weight excluding hydrogens is 785 g/mol. The van der Waals surface area contributed by atoms with Crippen LogP contribution in [0.3, 0.4) is 0 Å². The maximum absolute atomic E-state index is 14.7. The Kier molecular flexibility index (Phi) is 13.1. The minimum Gasteiger partial charge on any atom is -0.507 e. The number of likely N-dealkylation sites (tertiary alicyclic amines) is 1. The third-order valence-corrected chi connectivity index (χ3v) is 13.4. The Morgan fingerprint density at radius 3 is 2.30 bits per heavy atom. The van der Waals surface area contributed by atoms with Crippen LogP contribution in [0.4, 0.5) is 5.69 Å². The van der Waals surface area contributed by atoms with Gasteiger partial charge in [-0.25, -0.2) is 4.99 Å². The molecule has 0 aromatic heterocycles. The molecule has 10 atom stereocenters. The molecule has 2 aromatic carbocycles. The standard InChI is InChI=1S/C46H62N4O11/c1-12-24(4)50-19-17-46(18-20-50)48-34-31-32-39(54)28(8)42-33(31)43(56)45(10,61-42)59-21-16-30(58-11)25(5)41(60-29(9)51)27(7)38(53)26(6)37(52)22(2)14-13-15-23(3)44(57)47-36(40(32)55)35(34)49-46/h13-16,21-22,24-27,30,37-38,41,48,52-55H,12,17-20H2,1-11H3/t22?,24?,25?,26?,27?,30?,37?,38?,41?,45-/m0/s1. The number of hydrogen-bond donors (Lipinski definition) is 5. The second-order valence-corrected chi connectivity index (χ2v) is 17.6. The molecule has 5 bridgehead atoms. The van der Waals surface area contributed by atoms with Crippen molar-refractivity contribution in [1.29, 1.82) is 0 Å². The molecule has 7 rings (SSSR count). The number of allylic oxidation sites excluding steroid dienone is 2. The van der Waals surface area contributed by atoms with E-state index in [0.29, 0.717) is 24.6 Å². The maximum Gasteiger partial charge on any atom is 0.312 e. The number of fused-ring (bicyclic) bond motifs is 13. The van der Waals surface area contributed by atoms with Crippen molar-refractivity contribution < 1.29 is 53.8 Å². The number of benzene rings is 2. The van der Waals surface area contributed by atoms with Crippen LogP contribution >= 0.6 is 0 Å². The van der Waals surface area contributed by atoms with E-state index >= 15 is 0 Å². The highest BCUT2D eigenvalue weighted by molar-refractivity contribution is 6.21. The molecule has 5 aliphatic heterocycles. The van der Waals surface area contributed by atoms with Crippen LogP contribution in [0, 0.1) is 30.6 Å². The van der Waals surface area contributed by atoms with Crippen LogP contribution in [-0.2, 0) is 23.8 Å². The molecule has 2 aromatic rings. The summed E-state index contributed by atoms with van der Waals surface area (Å²) < 4.78 is 24.0. The molecule has 5 heterocycles. The molecule has 1 spiro atoms. The molecule has 15 heteroatoms. The molecule has 15 nitrogen and oxygen atoms in total. The minimum atomic E-state index is -1.95. The highest BCUT2D eigenvalue weighted by Gasteiger charge is 2.51. The largest absolute Gasteiger partial charge is 0.507 e. The number of methoxy groups -OCH3 is 1. The van der Waals surface area contributed by atoms with Crippen LogP contribution in [0.2, 0.25) is 0 Å². The van der Waals surface area contributed by atoms with E-state index in [9.17, 15) is 34.8 Å². The Hall–Kier alpha value is -4.83. The monoisotopic (exact) mass is 846 g/mol. The van der Waals surface area contributed by atoms with Crippen LogP contribution in [0.15, 0.2) is 46.1 Å². The molecule has 1 amide bonds. The summed E-state index contributed by atoms with van der Waals surface area (Å²) in [6.45, 7) is 18.6. The Morgan fingerprint density at radius 1 is 1.00 bits per heavy atom. The van der Waals surface area contributed by atoms with Crippen molar-refractivity contribution in [2.24, 2.45) is 33.7 Å². The number of aromatic hydroxyl groups is 2. The molecule has 1 saturated heterocycles. The molecule has 332 valence electrons. The van der Waals surface area contributed by atoms with Gasteiger partial charge in [0, 0.05) is 93.1 Å². The van der Waals surface area contributed by atoms with Gasteiger partial charge in [-0.05, 0) is 33.3 Å². The van der Waals surface area contributed by atoms with Crippen LogP contribution in [0.5, 0.6) is 17.2 Å². The van der Waals surface area contributed by atoms with Gasteiger partial charge in [0.1, 0.15) is 34.0 Å². The number of Topliss-reactive ketones (excluding diaryl/α,β-unsaturated/α-hetero) is 1. The number of amides is 1. The highest BCUT2D eigenvalue weighted by Crippen LogP contribution is 2.51. The maximum atomic E-state index is 14.7. The third-order valence-electron chi connectivity index (χ3n) is 13.4. The fraction of sp³-hybridized carbons (Fsp3) is 0.587. The third kappa shape index (κ3) is 8.29. The van der Waals surface area contributed by atoms with E-state index in [1.165, 1.54) is 27.2 Å². The van der Waals surface area contributed by atoms with E-state index in [4.69, 9.17) is 23.9 Å². The summed E-state index contributed by atoms with van der Waals surface area (Å²) in [6, 6.07) is 0.359. The summed E-state index contributed by atoms with van der Waals surface area (Å²) >= 11 is 0. The predicted molar refractivity (Wildman–Crippen MR) is 228 cm³/mol. The summed E-state index contributed by atoms with van der Waals surface area (Å²) in [6.07, 6.45) is 6.05. The lowest BCUT2D eigenvalue weighted by Gasteiger charge is -2.40. The molecule has 5 aliphatic rings. The fourth-order valence-corrected chi connectivity index (χ4v) is 9.21. The number of anilines is 1. The normalized spacial score (nSPS) is 31.2. The average Bonchev–Trinajstić information content (AvgIpc) is 3.73. The number of phenols is 2. The van der Waals surface area contributed by atoms with Crippen LogP contribution in [0.25, 0.3) is 10.8 Å². The molecule has 9 unspecified atom stereocenters. The van der Waals surface area contributed by atoms with Gasteiger partial charge in [0.05, 0.1) is 41.2 Å². The number of nitrogens with one attached hydrogen (secondary N) is 1. The van der Waals surface area contributed by atoms with Crippen LogP contribution in [-0.4, -0.2) is 105 Å². The highest BCUT2D eigenvalue weighted by atomic mass is 16.7. The number of ketones is 1.